The molecule has 3 aliphatic rings. The first-order valence-corrected chi connectivity index (χ1v) is 10.3. The maximum Gasteiger partial charge on any atom is 0.319 e. The van der Waals surface area contributed by atoms with Crippen molar-refractivity contribution < 1.29 is 24.5 Å². The van der Waals surface area contributed by atoms with Crippen LogP contribution in [-0.4, -0.2) is 53.7 Å². The number of aliphatic hydroxyl groups excluding tert-OH is 2. The van der Waals surface area contributed by atoms with E-state index in [1.54, 1.807) is 14.0 Å². The first-order chi connectivity index (χ1) is 13.9. The number of rotatable bonds is 3. The summed E-state index contributed by atoms with van der Waals surface area (Å²) in [5.41, 5.74) is 1.87. The zero-order valence-electron chi connectivity index (χ0n) is 17.0. The first kappa shape index (κ1) is 18.9. The Balaban J connectivity index is 1.89. The van der Waals surface area contributed by atoms with Crippen LogP contribution in [0.1, 0.15) is 37.3 Å². The number of ether oxygens (including phenoxy) is 2. The van der Waals surface area contributed by atoms with E-state index in [9.17, 15) is 15.0 Å². The second-order valence-corrected chi connectivity index (χ2v) is 8.74. The van der Waals surface area contributed by atoms with Crippen LogP contribution in [0.4, 0.5) is 0 Å². The molecule has 0 spiro atoms. The van der Waals surface area contributed by atoms with Gasteiger partial charge in [0.1, 0.15) is 17.4 Å². The van der Waals surface area contributed by atoms with E-state index >= 15 is 0 Å². The number of hydrogen-bond acceptors (Lipinski definition) is 6. The van der Waals surface area contributed by atoms with Crippen molar-refractivity contribution in [2.24, 2.45) is 11.8 Å². The molecule has 29 heavy (non-hydrogen) atoms. The Morgan fingerprint density at radius 3 is 2.86 bits per heavy atom. The summed E-state index contributed by atoms with van der Waals surface area (Å²) in [6.45, 7) is 2.47. The van der Waals surface area contributed by atoms with Crippen LogP contribution in [0.3, 0.4) is 0 Å². The lowest BCUT2D eigenvalue weighted by atomic mass is 9.57. The third kappa shape index (κ3) is 2.32. The van der Waals surface area contributed by atoms with Crippen LogP contribution >= 0.6 is 0 Å². The molecule has 5 rings (SSSR count). The van der Waals surface area contributed by atoms with Gasteiger partial charge in [-0.15, -0.1) is 0 Å². The number of aromatic nitrogens is 1. The van der Waals surface area contributed by atoms with Crippen molar-refractivity contribution in [1.29, 1.82) is 0 Å². The smallest absolute Gasteiger partial charge is 0.319 e. The molecular weight excluding hydrogens is 372 g/mol. The van der Waals surface area contributed by atoms with Crippen LogP contribution in [0, 0.1) is 11.8 Å². The van der Waals surface area contributed by atoms with Crippen molar-refractivity contribution in [2.75, 3.05) is 20.8 Å². The number of benzene rings is 1. The van der Waals surface area contributed by atoms with E-state index in [2.05, 4.69) is 5.32 Å². The SMILES string of the molecule is COC(=O)[C@@]12C[C@@H]3C[C@@H]([C@H](C)O)[C@@H]1NCCc1c2n(c2cc(OC)ccc12)[C@H]3O. The van der Waals surface area contributed by atoms with Crippen LogP contribution in [0.15, 0.2) is 18.2 Å². The number of esters is 1. The van der Waals surface area contributed by atoms with Crippen molar-refractivity contribution in [3.63, 3.8) is 0 Å². The highest BCUT2D eigenvalue weighted by Crippen LogP contribution is 2.57. The van der Waals surface area contributed by atoms with Crippen LogP contribution < -0.4 is 10.1 Å². The second kappa shape index (κ2) is 6.45. The fourth-order valence-corrected chi connectivity index (χ4v) is 6.30. The van der Waals surface area contributed by atoms with Crippen LogP contribution in [0.2, 0.25) is 0 Å². The average molecular weight is 400 g/mol. The van der Waals surface area contributed by atoms with Crippen molar-refractivity contribution in [3.05, 3.63) is 29.5 Å². The summed E-state index contributed by atoms with van der Waals surface area (Å²) in [6.07, 6.45) is 0.552. The third-order valence-corrected chi connectivity index (χ3v) is 7.45. The third-order valence-electron chi connectivity index (χ3n) is 7.45. The predicted molar refractivity (Wildman–Crippen MR) is 107 cm³/mol. The number of aliphatic hydroxyl groups is 2. The summed E-state index contributed by atoms with van der Waals surface area (Å²) in [4.78, 5) is 13.4. The molecule has 3 N–H and O–H groups in total. The van der Waals surface area contributed by atoms with Gasteiger partial charge in [-0.2, -0.15) is 0 Å². The Morgan fingerprint density at radius 2 is 2.17 bits per heavy atom. The average Bonchev–Trinajstić information content (AvgIpc) is 2.93. The van der Waals surface area contributed by atoms with Gasteiger partial charge in [-0.3, -0.25) is 4.79 Å². The number of carbonyl (C=O) groups excluding carboxylic acids is 1. The topological polar surface area (TPSA) is 93.0 Å². The molecule has 2 aliphatic heterocycles. The fourth-order valence-electron chi connectivity index (χ4n) is 6.30. The quantitative estimate of drug-likeness (QED) is 0.676. The Bertz CT molecular complexity index is 983. The minimum Gasteiger partial charge on any atom is -0.497 e. The summed E-state index contributed by atoms with van der Waals surface area (Å²) >= 11 is 0. The van der Waals surface area contributed by atoms with Gasteiger partial charge in [0, 0.05) is 35.0 Å². The van der Waals surface area contributed by atoms with E-state index < -0.39 is 17.7 Å². The van der Waals surface area contributed by atoms with Gasteiger partial charge in [-0.25, -0.2) is 0 Å². The molecule has 1 aromatic carbocycles. The maximum absolute atomic E-state index is 13.4. The van der Waals surface area contributed by atoms with Crippen molar-refractivity contribution >= 4 is 16.9 Å². The zero-order chi connectivity index (χ0) is 20.5. The number of nitrogens with one attached hydrogen (secondary N) is 1. The molecule has 1 saturated carbocycles. The molecule has 1 fully saturated rings. The summed E-state index contributed by atoms with van der Waals surface area (Å²) in [7, 11) is 3.05. The van der Waals surface area contributed by atoms with E-state index in [1.807, 2.05) is 22.8 Å². The van der Waals surface area contributed by atoms with E-state index in [0.717, 1.165) is 28.6 Å². The molecule has 3 heterocycles. The normalized spacial score (nSPS) is 33.8. The van der Waals surface area contributed by atoms with Gasteiger partial charge >= 0.3 is 5.97 Å². The van der Waals surface area contributed by atoms with E-state index in [0.29, 0.717) is 25.1 Å². The van der Waals surface area contributed by atoms with Gasteiger partial charge in [-0.05, 0) is 50.4 Å². The Hall–Kier alpha value is -2.09. The van der Waals surface area contributed by atoms with Crippen LogP contribution in [-0.2, 0) is 21.4 Å². The molecule has 7 nitrogen and oxygen atoms in total. The molecule has 1 aliphatic carbocycles. The minimum absolute atomic E-state index is 0.144. The maximum atomic E-state index is 13.4. The summed E-state index contributed by atoms with van der Waals surface area (Å²) < 4.78 is 12.7. The molecule has 7 heteroatoms. The summed E-state index contributed by atoms with van der Waals surface area (Å²) in [5, 5.41) is 26.6. The zero-order valence-corrected chi connectivity index (χ0v) is 17.0. The van der Waals surface area contributed by atoms with Gasteiger partial charge < -0.3 is 29.6 Å². The van der Waals surface area contributed by atoms with Crippen LogP contribution in [0.5, 0.6) is 5.75 Å². The lowest BCUT2D eigenvalue weighted by molar-refractivity contribution is -0.160. The monoisotopic (exact) mass is 400 g/mol. The van der Waals surface area contributed by atoms with E-state index in [4.69, 9.17) is 9.47 Å². The Kier molecular flexibility index (Phi) is 4.21. The van der Waals surface area contributed by atoms with E-state index in [-0.39, 0.29) is 23.8 Å². The molecule has 0 unspecified atom stereocenters. The van der Waals surface area contributed by atoms with Gasteiger partial charge in [0.2, 0.25) is 0 Å². The molecular formula is C22H28N2O5. The summed E-state index contributed by atoms with van der Waals surface area (Å²) in [5.74, 6) is 0.131. The van der Waals surface area contributed by atoms with Crippen molar-refractivity contribution in [1.82, 2.24) is 9.88 Å². The Morgan fingerprint density at radius 1 is 1.38 bits per heavy atom. The fraction of sp³-hybridized carbons (Fsp3) is 0.591. The molecule has 2 aromatic rings. The molecule has 0 amide bonds. The number of carbonyl (C=O) groups is 1. The van der Waals surface area contributed by atoms with Gasteiger partial charge in [-0.1, -0.05) is 0 Å². The predicted octanol–water partition coefficient (Wildman–Crippen LogP) is 1.49. The first-order valence-electron chi connectivity index (χ1n) is 10.3. The number of methoxy groups -OCH3 is 2. The minimum atomic E-state index is -0.934. The molecule has 0 saturated heterocycles. The van der Waals surface area contributed by atoms with Crippen molar-refractivity contribution in [2.45, 2.75) is 50.0 Å². The number of hydrogen-bond donors (Lipinski definition) is 3. The number of nitrogens with zero attached hydrogens (tertiary/aromatic N) is 1. The standard InChI is InChI=1S/C22H28N2O5/c1-11(25)16-8-12-10-22(21(27)29-3)18(16)23-7-6-15-14-5-4-13(28-2)9-17(14)24(19(15)22)20(12)26/h4-5,9,11-12,16,18,20,23,25-26H,6-8,10H2,1-3H3/t11-,12-,16-,18-,20-,22-/m0/s1. The molecule has 0 radical (unpaired) electrons. The van der Waals surface area contributed by atoms with Crippen LogP contribution in [0.25, 0.3) is 10.9 Å². The van der Waals surface area contributed by atoms with Gasteiger partial charge in [0.15, 0.2) is 0 Å². The highest BCUT2D eigenvalue weighted by atomic mass is 16.5. The molecule has 6 atom stereocenters. The lowest BCUT2D eigenvalue weighted by Gasteiger charge is -2.54. The summed E-state index contributed by atoms with van der Waals surface area (Å²) in [6, 6.07) is 5.63. The Labute approximate surface area is 169 Å². The highest BCUT2D eigenvalue weighted by Gasteiger charge is 2.63. The van der Waals surface area contributed by atoms with Crippen molar-refractivity contribution in [3.8, 4) is 5.75 Å². The molecule has 1 aromatic heterocycles. The highest BCUT2D eigenvalue weighted by molar-refractivity contribution is 5.93. The largest absolute Gasteiger partial charge is 0.497 e. The lowest BCUT2D eigenvalue weighted by Crippen LogP contribution is -2.65. The van der Waals surface area contributed by atoms with E-state index in [1.165, 1.54) is 7.11 Å². The van der Waals surface area contributed by atoms with Gasteiger partial charge in [0.05, 0.1) is 25.8 Å². The second-order valence-electron chi connectivity index (χ2n) is 8.74. The number of fused-ring (bicyclic) bond motifs is 4. The molecule has 2 bridgehead atoms. The van der Waals surface area contributed by atoms with Gasteiger partial charge in [0.25, 0.3) is 0 Å². The molecule has 156 valence electrons.